The fourth-order valence-electron chi connectivity index (χ4n) is 3.07. The predicted molar refractivity (Wildman–Crippen MR) is 87.7 cm³/mol. The molecule has 0 spiro atoms. The number of piperidine rings is 1. The Balaban J connectivity index is 2.12. The van der Waals surface area contributed by atoms with E-state index in [4.69, 9.17) is 0 Å². The van der Waals surface area contributed by atoms with Crippen LogP contribution in [0.15, 0.2) is 24.3 Å². The van der Waals surface area contributed by atoms with Gasteiger partial charge in [0, 0.05) is 24.7 Å². The van der Waals surface area contributed by atoms with E-state index < -0.39 is 0 Å². The van der Waals surface area contributed by atoms with Gasteiger partial charge in [0.2, 0.25) is 0 Å². The van der Waals surface area contributed by atoms with Gasteiger partial charge in [-0.05, 0) is 36.4 Å². The Morgan fingerprint density at radius 3 is 2.43 bits per heavy atom. The van der Waals surface area contributed by atoms with Crippen molar-refractivity contribution in [3.8, 4) is 0 Å². The predicted octanol–water partition coefficient (Wildman–Crippen LogP) is 3.20. The molecular weight excluding hydrogens is 260 g/mol. The van der Waals surface area contributed by atoms with E-state index in [2.05, 4.69) is 39.1 Å². The minimum absolute atomic E-state index is 0.00561. The van der Waals surface area contributed by atoms with Gasteiger partial charge in [-0.25, -0.2) is 0 Å². The van der Waals surface area contributed by atoms with E-state index in [1.807, 2.05) is 23.1 Å². The van der Waals surface area contributed by atoms with Crippen LogP contribution in [-0.4, -0.2) is 36.5 Å². The standard InChI is InChI=1S/C18H28N2O/c1-5-19-14-10-12-20(13-11-14)17(21)15-8-6-7-9-16(15)18(2,3)4/h6-9,14,19H,5,10-13H2,1-4H3. The largest absolute Gasteiger partial charge is 0.339 e. The summed E-state index contributed by atoms with van der Waals surface area (Å²) in [7, 11) is 0. The Morgan fingerprint density at radius 1 is 1.24 bits per heavy atom. The molecule has 1 heterocycles. The molecule has 0 aliphatic carbocycles. The number of nitrogens with one attached hydrogen (secondary N) is 1. The van der Waals surface area contributed by atoms with Crippen LogP contribution in [0, 0.1) is 0 Å². The fraction of sp³-hybridized carbons (Fsp3) is 0.611. The molecule has 1 fully saturated rings. The zero-order chi connectivity index (χ0) is 15.5. The number of benzene rings is 1. The molecule has 0 unspecified atom stereocenters. The van der Waals surface area contributed by atoms with Crippen molar-refractivity contribution in [2.24, 2.45) is 0 Å². The monoisotopic (exact) mass is 288 g/mol. The SMILES string of the molecule is CCNC1CCN(C(=O)c2ccccc2C(C)(C)C)CC1. The smallest absolute Gasteiger partial charge is 0.254 e. The average Bonchev–Trinajstić information content (AvgIpc) is 2.47. The molecule has 2 rings (SSSR count). The lowest BCUT2D eigenvalue weighted by Gasteiger charge is -2.33. The number of rotatable bonds is 3. The maximum absolute atomic E-state index is 12.8. The summed E-state index contributed by atoms with van der Waals surface area (Å²) in [6.07, 6.45) is 2.11. The second kappa shape index (κ2) is 6.61. The normalized spacial score (nSPS) is 17.0. The first-order chi connectivity index (χ1) is 9.93. The second-order valence-electron chi connectivity index (χ2n) is 6.92. The molecule has 0 saturated carbocycles. The lowest BCUT2D eigenvalue weighted by atomic mass is 9.83. The van der Waals surface area contributed by atoms with Gasteiger partial charge >= 0.3 is 0 Å². The van der Waals surface area contributed by atoms with Crippen LogP contribution in [0.1, 0.15) is 56.5 Å². The van der Waals surface area contributed by atoms with E-state index in [1.54, 1.807) is 0 Å². The number of amides is 1. The molecule has 1 aliphatic rings. The van der Waals surface area contributed by atoms with Crippen LogP contribution >= 0.6 is 0 Å². The molecule has 0 aromatic heterocycles. The summed E-state index contributed by atoms with van der Waals surface area (Å²) in [4.78, 5) is 14.8. The number of carbonyl (C=O) groups is 1. The summed E-state index contributed by atoms with van der Waals surface area (Å²) < 4.78 is 0. The molecule has 116 valence electrons. The van der Waals surface area contributed by atoms with Gasteiger partial charge in [0.15, 0.2) is 0 Å². The Kier molecular flexibility index (Phi) is 5.04. The highest BCUT2D eigenvalue weighted by Crippen LogP contribution is 2.27. The third-order valence-corrected chi connectivity index (χ3v) is 4.24. The topological polar surface area (TPSA) is 32.3 Å². The van der Waals surface area contributed by atoms with E-state index in [0.29, 0.717) is 6.04 Å². The summed E-state index contributed by atoms with van der Waals surface area (Å²) in [5.41, 5.74) is 2.00. The van der Waals surface area contributed by atoms with Crippen LogP contribution in [0.2, 0.25) is 0 Å². The number of hydrogen-bond acceptors (Lipinski definition) is 2. The number of hydrogen-bond donors (Lipinski definition) is 1. The highest BCUT2D eigenvalue weighted by Gasteiger charge is 2.27. The highest BCUT2D eigenvalue weighted by atomic mass is 16.2. The third kappa shape index (κ3) is 3.85. The van der Waals surface area contributed by atoms with E-state index in [1.165, 1.54) is 0 Å². The van der Waals surface area contributed by atoms with Crippen LogP contribution in [0.4, 0.5) is 0 Å². The van der Waals surface area contributed by atoms with Gasteiger partial charge in [-0.3, -0.25) is 4.79 Å². The molecule has 1 amide bonds. The molecule has 1 aromatic rings. The Hall–Kier alpha value is -1.35. The van der Waals surface area contributed by atoms with Gasteiger partial charge in [0.1, 0.15) is 0 Å². The first-order valence-corrected chi connectivity index (χ1v) is 8.05. The molecule has 1 saturated heterocycles. The summed E-state index contributed by atoms with van der Waals surface area (Å²) in [5, 5.41) is 3.48. The first-order valence-electron chi connectivity index (χ1n) is 8.05. The van der Waals surface area contributed by atoms with Crippen molar-refractivity contribution < 1.29 is 4.79 Å². The molecule has 1 N–H and O–H groups in total. The quantitative estimate of drug-likeness (QED) is 0.926. The van der Waals surface area contributed by atoms with Crippen LogP contribution < -0.4 is 5.32 Å². The lowest BCUT2D eigenvalue weighted by molar-refractivity contribution is 0.0703. The molecule has 0 bridgehead atoms. The van der Waals surface area contributed by atoms with Crippen LogP contribution in [-0.2, 0) is 5.41 Å². The van der Waals surface area contributed by atoms with Gasteiger partial charge in [-0.2, -0.15) is 0 Å². The number of nitrogens with zero attached hydrogens (tertiary/aromatic N) is 1. The Morgan fingerprint density at radius 2 is 1.86 bits per heavy atom. The Labute approximate surface area is 128 Å². The minimum atomic E-state index is -0.00561. The highest BCUT2D eigenvalue weighted by molar-refractivity contribution is 5.96. The summed E-state index contributed by atoms with van der Waals surface area (Å²) >= 11 is 0. The van der Waals surface area contributed by atoms with Crippen LogP contribution in [0.25, 0.3) is 0 Å². The van der Waals surface area contributed by atoms with Crippen molar-refractivity contribution in [2.45, 2.75) is 52.0 Å². The molecule has 0 atom stereocenters. The van der Waals surface area contributed by atoms with Gasteiger partial charge in [-0.15, -0.1) is 0 Å². The fourth-order valence-corrected chi connectivity index (χ4v) is 3.07. The van der Waals surface area contributed by atoms with E-state index in [0.717, 1.165) is 43.6 Å². The molecular formula is C18H28N2O. The van der Waals surface area contributed by atoms with Gasteiger partial charge in [0.25, 0.3) is 5.91 Å². The second-order valence-corrected chi connectivity index (χ2v) is 6.92. The van der Waals surface area contributed by atoms with Gasteiger partial charge in [0.05, 0.1) is 0 Å². The number of likely N-dealkylation sites (tertiary alicyclic amines) is 1. The lowest BCUT2D eigenvalue weighted by Crippen LogP contribution is -2.45. The van der Waals surface area contributed by atoms with Crippen molar-refractivity contribution in [1.29, 1.82) is 0 Å². The average molecular weight is 288 g/mol. The van der Waals surface area contributed by atoms with Crippen LogP contribution in [0.5, 0.6) is 0 Å². The van der Waals surface area contributed by atoms with Crippen molar-refractivity contribution in [2.75, 3.05) is 19.6 Å². The first kappa shape index (κ1) is 16.0. The van der Waals surface area contributed by atoms with Crippen molar-refractivity contribution in [1.82, 2.24) is 10.2 Å². The van der Waals surface area contributed by atoms with Gasteiger partial charge < -0.3 is 10.2 Å². The maximum Gasteiger partial charge on any atom is 0.254 e. The molecule has 3 nitrogen and oxygen atoms in total. The van der Waals surface area contributed by atoms with E-state index in [9.17, 15) is 4.79 Å². The van der Waals surface area contributed by atoms with Crippen molar-refractivity contribution in [3.63, 3.8) is 0 Å². The zero-order valence-electron chi connectivity index (χ0n) is 13.8. The summed E-state index contributed by atoms with van der Waals surface area (Å²) in [6, 6.07) is 8.61. The van der Waals surface area contributed by atoms with Gasteiger partial charge in [-0.1, -0.05) is 45.9 Å². The molecule has 1 aliphatic heterocycles. The molecule has 0 radical (unpaired) electrons. The summed E-state index contributed by atoms with van der Waals surface area (Å²) in [6.45, 7) is 11.3. The molecule has 3 heteroatoms. The Bertz CT molecular complexity index is 482. The van der Waals surface area contributed by atoms with Crippen molar-refractivity contribution >= 4 is 5.91 Å². The molecule has 21 heavy (non-hydrogen) atoms. The third-order valence-electron chi connectivity index (χ3n) is 4.24. The minimum Gasteiger partial charge on any atom is -0.339 e. The van der Waals surface area contributed by atoms with E-state index in [-0.39, 0.29) is 11.3 Å². The molecule has 1 aromatic carbocycles. The van der Waals surface area contributed by atoms with Crippen molar-refractivity contribution in [3.05, 3.63) is 35.4 Å². The zero-order valence-corrected chi connectivity index (χ0v) is 13.8. The summed E-state index contributed by atoms with van der Waals surface area (Å²) in [5.74, 6) is 0.190. The maximum atomic E-state index is 12.8. The van der Waals surface area contributed by atoms with E-state index >= 15 is 0 Å². The number of carbonyl (C=O) groups excluding carboxylic acids is 1. The van der Waals surface area contributed by atoms with Crippen LogP contribution in [0.3, 0.4) is 0 Å².